The third-order valence-corrected chi connectivity index (χ3v) is 1.94. The van der Waals surface area contributed by atoms with Crippen molar-refractivity contribution in [2.75, 3.05) is 6.61 Å². The number of carbonyl (C=O) groups is 1. The number of benzene rings is 1. The highest BCUT2D eigenvalue weighted by Crippen LogP contribution is 2.30. The molecule has 82 valence electrons. The summed E-state index contributed by atoms with van der Waals surface area (Å²) >= 11 is 0. The van der Waals surface area contributed by atoms with Gasteiger partial charge in [-0.2, -0.15) is 0 Å². The number of hydrogen-bond donors (Lipinski definition) is 1. The van der Waals surface area contributed by atoms with Gasteiger partial charge in [-0.05, 0) is 18.6 Å². The number of carbonyl (C=O) groups excluding carboxylic acids is 1. The Hall–Kier alpha value is -1.58. The highest BCUT2D eigenvalue weighted by Gasteiger charge is 2.10. The molecule has 0 heterocycles. The molecule has 0 radical (unpaired) electrons. The van der Waals surface area contributed by atoms with Crippen molar-refractivity contribution in [2.24, 2.45) is 0 Å². The molecule has 15 heavy (non-hydrogen) atoms. The van der Waals surface area contributed by atoms with E-state index in [1.807, 2.05) is 6.92 Å². The minimum atomic E-state index is -0.842. The lowest BCUT2D eigenvalue weighted by molar-refractivity contribution is 0.112. The number of aromatic hydroxyl groups is 1. The maximum atomic E-state index is 13.0. The van der Waals surface area contributed by atoms with Crippen LogP contribution in [0.25, 0.3) is 0 Å². The molecule has 0 atom stereocenters. The van der Waals surface area contributed by atoms with Gasteiger partial charge in [0.25, 0.3) is 0 Å². The van der Waals surface area contributed by atoms with Gasteiger partial charge in [0.05, 0.1) is 6.61 Å². The summed E-state index contributed by atoms with van der Waals surface area (Å²) in [6, 6.07) is 2.29. The number of phenols is 1. The third kappa shape index (κ3) is 2.94. The SMILES string of the molecule is CCCCOc1cc(C=O)cc(F)c1O. The van der Waals surface area contributed by atoms with Crippen LogP contribution >= 0.6 is 0 Å². The van der Waals surface area contributed by atoms with Crippen molar-refractivity contribution in [2.45, 2.75) is 19.8 Å². The van der Waals surface area contributed by atoms with Gasteiger partial charge in [0, 0.05) is 5.56 Å². The number of aldehydes is 1. The van der Waals surface area contributed by atoms with Crippen LogP contribution in [-0.2, 0) is 0 Å². The summed E-state index contributed by atoms with van der Waals surface area (Å²) in [5, 5.41) is 9.30. The zero-order valence-corrected chi connectivity index (χ0v) is 8.50. The molecule has 1 aromatic rings. The summed E-state index contributed by atoms with van der Waals surface area (Å²) in [7, 11) is 0. The number of unbranched alkanes of at least 4 members (excludes halogenated alkanes) is 1. The Morgan fingerprint density at radius 1 is 1.53 bits per heavy atom. The first kappa shape index (κ1) is 11.5. The normalized spacial score (nSPS) is 10.0. The molecule has 0 spiro atoms. The number of ether oxygens (including phenoxy) is 1. The van der Waals surface area contributed by atoms with Gasteiger partial charge in [-0.15, -0.1) is 0 Å². The molecule has 0 bridgehead atoms. The van der Waals surface area contributed by atoms with Crippen LogP contribution in [0.1, 0.15) is 30.1 Å². The predicted molar refractivity (Wildman–Crippen MR) is 53.9 cm³/mol. The van der Waals surface area contributed by atoms with Gasteiger partial charge in [0.1, 0.15) is 6.29 Å². The van der Waals surface area contributed by atoms with Crippen molar-refractivity contribution in [3.8, 4) is 11.5 Å². The van der Waals surface area contributed by atoms with E-state index >= 15 is 0 Å². The summed E-state index contributed by atoms with van der Waals surface area (Å²) in [6.07, 6.45) is 2.26. The molecule has 0 fully saturated rings. The second kappa shape index (κ2) is 5.34. The van der Waals surface area contributed by atoms with Gasteiger partial charge < -0.3 is 9.84 Å². The van der Waals surface area contributed by atoms with E-state index in [4.69, 9.17) is 4.74 Å². The van der Waals surface area contributed by atoms with E-state index in [1.165, 1.54) is 6.07 Å². The van der Waals surface area contributed by atoms with Crippen LogP contribution in [0.5, 0.6) is 11.5 Å². The number of phenolic OH excluding ortho intramolecular Hbond substituents is 1. The smallest absolute Gasteiger partial charge is 0.194 e. The summed E-state index contributed by atoms with van der Waals surface area (Å²) < 4.78 is 18.2. The lowest BCUT2D eigenvalue weighted by Gasteiger charge is -2.08. The van der Waals surface area contributed by atoms with Crippen molar-refractivity contribution < 1.29 is 19.0 Å². The molecule has 0 unspecified atom stereocenters. The van der Waals surface area contributed by atoms with Crippen molar-refractivity contribution in [1.82, 2.24) is 0 Å². The molecular formula is C11H13FO3. The standard InChI is InChI=1S/C11H13FO3/c1-2-3-4-15-10-6-8(7-13)5-9(12)11(10)14/h5-7,14H,2-4H2,1H3. The number of halogens is 1. The number of rotatable bonds is 5. The molecule has 0 aromatic heterocycles. The fraction of sp³-hybridized carbons (Fsp3) is 0.364. The van der Waals surface area contributed by atoms with E-state index in [2.05, 4.69) is 0 Å². The average Bonchev–Trinajstić information content (AvgIpc) is 2.24. The summed E-state index contributed by atoms with van der Waals surface area (Å²) in [5.41, 5.74) is 0.150. The van der Waals surface area contributed by atoms with E-state index in [1.54, 1.807) is 0 Å². The van der Waals surface area contributed by atoms with E-state index in [0.29, 0.717) is 12.9 Å². The maximum Gasteiger partial charge on any atom is 0.194 e. The van der Waals surface area contributed by atoms with Crippen LogP contribution in [0.4, 0.5) is 4.39 Å². The van der Waals surface area contributed by atoms with Crippen molar-refractivity contribution in [3.05, 3.63) is 23.5 Å². The van der Waals surface area contributed by atoms with E-state index in [-0.39, 0.29) is 11.3 Å². The van der Waals surface area contributed by atoms with Gasteiger partial charge in [-0.3, -0.25) is 4.79 Å². The Morgan fingerprint density at radius 2 is 2.27 bits per heavy atom. The van der Waals surface area contributed by atoms with Crippen LogP contribution < -0.4 is 4.74 Å². The van der Waals surface area contributed by atoms with E-state index in [9.17, 15) is 14.3 Å². The van der Waals surface area contributed by atoms with Crippen LogP contribution in [0.3, 0.4) is 0 Å². The predicted octanol–water partition coefficient (Wildman–Crippen LogP) is 2.52. The fourth-order valence-corrected chi connectivity index (χ4v) is 1.10. The minimum Gasteiger partial charge on any atom is -0.502 e. The molecule has 1 aromatic carbocycles. The second-order valence-electron chi connectivity index (χ2n) is 3.17. The van der Waals surface area contributed by atoms with Gasteiger partial charge in [-0.1, -0.05) is 13.3 Å². The molecule has 0 saturated heterocycles. The topological polar surface area (TPSA) is 46.5 Å². The highest BCUT2D eigenvalue weighted by atomic mass is 19.1. The van der Waals surface area contributed by atoms with Crippen molar-refractivity contribution in [1.29, 1.82) is 0 Å². The first-order chi connectivity index (χ1) is 7.19. The first-order valence-electron chi connectivity index (χ1n) is 4.79. The Kier molecular flexibility index (Phi) is 4.09. The molecule has 1 N–H and O–H groups in total. The van der Waals surface area contributed by atoms with E-state index in [0.717, 1.165) is 18.9 Å². The number of hydrogen-bond acceptors (Lipinski definition) is 3. The molecule has 0 aliphatic carbocycles. The van der Waals surface area contributed by atoms with Crippen molar-refractivity contribution >= 4 is 6.29 Å². The third-order valence-electron chi connectivity index (χ3n) is 1.94. The van der Waals surface area contributed by atoms with Crippen LogP contribution in [0, 0.1) is 5.82 Å². The van der Waals surface area contributed by atoms with Gasteiger partial charge >= 0.3 is 0 Å². The molecule has 4 heteroatoms. The summed E-state index contributed by atoms with van der Waals surface area (Å²) in [5.74, 6) is -1.37. The van der Waals surface area contributed by atoms with Crippen LogP contribution in [-0.4, -0.2) is 18.0 Å². The monoisotopic (exact) mass is 212 g/mol. The lowest BCUT2D eigenvalue weighted by Crippen LogP contribution is -1.98. The molecule has 3 nitrogen and oxygen atoms in total. The van der Waals surface area contributed by atoms with Gasteiger partial charge in [0.2, 0.25) is 0 Å². The zero-order chi connectivity index (χ0) is 11.3. The second-order valence-corrected chi connectivity index (χ2v) is 3.17. The van der Waals surface area contributed by atoms with Crippen LogP contribution in [0.15, 0.2) is 12.1 Å². The van der Waals surface area contributed by atoms with Gasteiger partial charge in [0.15, 0.2) is 17.3 Å². The van der Waals surface area contributed by atoms with Crippen LogP contribution in [0.2, 0.25) is 0 Å². The van der Waals surface area contributed by atoms with E-state index < -0.39 is 11.6 Å². The highest BCUT2D eigenvalue weighted by molar-refractivity contribution is 5.76. The first-order valence-corrected chi connectivity index (χ1v) is 4.79. The molecule has 0 aliphatic rings. The molecular weight excluding hydrogens is 199 g/mol. The molecule has 0 aliphatic heterocycles. The maximum absolute atomic E-state index is 13.0. The Labute approximate surface area is 87.5 Å². The summed E-state index contributed by atoms with van der Waals surface area (Å²) in [4.78, 5) is 10.4. The lowest BCUT2D eigenvalue weighted by atomic mass is 10.2. The Balaban J connectivity index is 2.85. The average molecular weight is 212 g/mol. The quantitative estimate of drug-likeness (QED) is 0.602. The molecule has 0 amide bonds. The molecule has 0 saturated carbocycles. The fourth-order valence-electron chi connectivity index (χ4n) is 1.10. The largest absolute Gasteiger partial charge is 0.502 e. The Bertz CT molecular complexity index is 350. The molecule has 1 rings (SSSR count). The minimum absolute atomic E-state index is 0.0190. The van der Waals surface area contributed by atoms with Gasteiger partial charge in [-0.25, -0.2) is 4.39 Å². The Morgan fingerprint density at radius 3 is 2.87 bits per heavy atom. The summed E-state index contributed by atoms with van der Waals surface area (Å²) in [6.45, 7) is 2.39. The van der Waals surface area contributed by atoms with Crippen molar-refractivity contribution in [3.63, 3.8) is 0 Å². The zero-order valence-electron chi connectivity index (χ0n) is 8.50.